The number of fused-ring (bicyclic) bond motifs is 1. The van der Waals surface area contributed by atoms with Gasteiger partial charge in [-0.2, -0.15) is 0 Å². The van der Waals surface area contributed by atoms with E-state index in [1.54, 1.807) is 0 Å². The summed E-state index contributed by atoms with van der Waals surface area (Å²) < 4.78 is 25.5. The van der Waals surface area contributed by atoms with Gasteiger partial charge in [0.15, 0.2) is 5.78 Å². The molecule has 0 amide bonds. The number of carbonyl (C=O) groups excluding carboxylic acids is 1. The molecule has 0 saturated heterocycles. The first-order valence-corrected chi connectivity index (χ1v) is 7.90. The zero-order valence-corrected chi connectivity index (χ0v) is 11.4. The molecule has 1 fully saturated rings. The van der Waals surface area contributed by atoms with Crippen molar-refractivity contribution in [3.8, 4) is 0 Å². The maximum atomic E-state index is 12.2. The molecule has 6 nitrogen and oxygen atoms in total. The lowest BCUT2D eigenvalue weighted by atomic mass is 10.1. The van der Waals surface area contributed by atoms with Crippen molar-refractivity contribution >= 4 is 27.5 Å². The summed E-state index contributed by atoms with van der Waals surface area (Å²) in [6, 6.07) is 4.00. The van der Waals surface area contributed by atoms with Crippen LogP contribution in [-0.2, 0) is 10.0 Å². The van der Waals surface area contributed by atoms with Crippen LogP contribution in [0.5, 0.6) is 0 Å². The van der Waals surface area contributed by atoms with E-state index in [0.717, 1.165) is 12.8 Å². The summed E-state index contributed by atoms with van der Waals surface area (Å²) in [5.41, 5.74) is 0.466. The number of Topliss-reactive ketones (excluding diaryl/α,β-unsaturated/α-hetero) is 1. The highest BCUT2D eigenvalue weighted by Gasteiger charge is 2.38. The third-order valence-electron chi connectivity index (χ3n) is 3.58. The fourth-order valence-electron chi connectivity index (χ4n) is 2.32. The number of hydrogen-bond acceptors (Lipinski definition) is 4. The molecule has 1 aliphatic heterocycles. The number of rotatable bonds is 3. The van der Waals surface area contributed by atoms with Crippen molar-refractivity contribution in [2.45, 2.75) is 12.8 Å². The van der Waals surface area contributed by atoms with Crippen molar-refractivity contribution in [1.82, 2.24) is 0 Å². The number of aromatic carboxylic acids is 1. The van der Waals surface area contributed by atoms with Gasteiger partial charge < -0.3 is 5.11 Å². The third-order valence-corrected chi connectivity index (χ3v) is 5.23. The van der Waals surface area contributed by atoms with Gasteiger partial charge in [0.05, 0.1) is 11.3 Å². The molecule has 0 atom stereocenters. The Balaban J connectivity index is 2.13. The largest absolute Gasteiger partial charge is 0.478 e. The average molecular weight is 295 g/mol. The monoisotopic (exact) mass is 295 g/mol. The SMILES string of the molecule is O=C(O)c1ccc2c(c1)N(CC1CC1)S(=O)(=O)CC2=O. The van der Waals surface area contributed by atoms with Crippen molar-refractivity contribution in [3.05, 3.63) is 29.3 Å². The maximum absolute atomic E-state index is 12.2. The lowest BCUT2D eigenvalue weighted by Crippen LogP contribution is -2.42. The first-order chi connectivity index (χ1) is 9.38. The van der Waals surface area contributed by atoms with Crippen molar-refractivity contribution in [1.29, 1.82) is 0 Å². The van der Waals surface area contributed by atoms with Crippen LogP contribution in [0.3, 0.4) is 0 Å². The molecule has 0 aromatic heterocycles. The van der Waals surface area contributed by atoms with Crippen LogP contribution in [0.1, 0.15) is 33.6 Å². The van der Waals surface area contributed by atoms with Crippen LogP contribution in [0.2, 0.25) is 0 Å². The Morgan fingerprint density at radius 2 is 2.05 bits per heavy atom. The third kappa shape index (κ3) is 2.18. The van der Waals surface area contributed by atoms with E-state index in [4.69, 9.17) is 5.11 Å². The lowest BCUT2D eigenvalue weighted by Gasteiger charge is -2.30. The van der Waals surface area contributed by atoms with E-state index in [2.05, 4.69) is 0 Å². The van der Waals surface area contributed by atoms with Crippen molar-refractivity contribution in [2.75, 3.05) is 16.6 Å². The van der Waals surface area contributed by atoms with E-state index in [-0.39, 0.29) is 16.8 Å². The fraction of sp³-hybridized carbons (Fsp3) is 0.385. The highest BCUT2D eigenvalue weighted by Crippen LogP contribution is 2.36. The first kappa shape index (κ1) is 13.1. The summed E-state index contributed by atoms with van der Waals surface area (Å²) in [6.07, 6.45) is 1.93. The number of hydrogen-bond donors (Lipinski definition) is 1. The molecule has 1 aromatic carbocycles. The molecule has 2 aliphatic rings. The molecule has 0 unspecified atom stereocenters. The molecular weight excluding hydrogens is 282 g/mol. The molecule has 3 rings (SSSR count). The van der Waals surface area contributed by atoms with Crippen LogP contribution in [0.15, 0.2) is 18.2 Å². The molecule has 0 spiro atoms. The number of carbonyl (C=O) groups is 2. The Bertz CT molecular complexity index is 705. The van der Waals surface area contributed by atoms with Gasteiger partial charge in [-0.05, 0) is 37.0 Å². The second kappa shape index (κ2) is 4.31. The van der Waals surface area contributed by atoms with Crippen LogP contribution in [-0.4, -0.2) is 37.6 Å². The van der Waals surface area contributed by atoms with Crippen molar-refractivity contribution in [2.24, 2.45) is 5.92 Å². The molecule has 7 heteroatoms. The van der Waals surface area contributed by atoms with Gasteiger partial charge in [-0.1, -0.05) is 0 Å². The standard InChI is InChI=1S/C13H13NO5S/c15-12-7-20(18,19)14(6-8-1-2-8)11-5-9(13(16)17)3-4-10(11)12/h3-5,8H,1-2,6-7H2,(H,16,17). The topological polar surface area (TPSA) is 91.8 Å². The first-order valence-electron chi connectivity index (χ1n) is 6.29. The summed E-state index contributed by atoms with van der Waals surface area (Å²) in [4.78, 5) is 22.9. The summed E-state index contributed by atoms with van der Waals surface area (Å²) in [6.45, 7) is 0.325. The van der Waals surface area contributed by atoms with E-state index in [0.29, 0.717) is 12.5 Å². The lowest BCUT2D eigenvalue weighted by molar-refractivity contribution is 0.0696. The Kier molecular flexibility index (Phi) is 2.82. The fourth-order valence-corrected chi connectivity index (χ4v) is 3.86. The highest BCUT2D eigenvalue weighted by molar-refractivity contribution is 7.93. The molecule has 0 bridgehead atoms. The molecule has 1 N–H and O–H groups in total. The Hall–Kier alpha value is -1.89. The van der Waals surface area contributed by atoms with Crippen LogP contribution in [0.25, 0.3) is 0 Å². The van der Waals surface area contributed by atoms with E-state index in [1.807, 2.05) is 0 Å². The summed E-state index contributed by atoms with van der Waals surface area (Å²) in [5, 5.41) is 9.01. The smallest absolute Gasteiger partial charge is 0.335 e. The molecular formula is C13H13NO5S. The van der Waals surface area contributed by atoms with Crippen LogP contribution >= 0.6 is 0 Å². The van der Waals surface area contributed by atoms with Crippen molar-refractivity contribution in [3.63, 3.8) is 0 Å². The van der Waals surface area contributed by atoms with Gasteiger partial charge in [0.2, 0.25) is 10.0 Å². The van der Waals surface area contributed by atoms with Gasteiger partial charge in [-0.15, -0.1) is 0 Å². The van der Waals surface area contributed by atoms with E-state index >= 15 is 0 Å². The molecule has 20 heavy (non-hydrogen) atoms. The second-order valence-corrected chi connectivity index (χ2v) is 7.08. The number of ketones is 1. The van der Waals surface area contributed by atoms with Gasteiger partial charge in [0, 0.05) is 12.1 Å². The van der Waals surface area contributed by atoms with Gasteiger partial charge in [-0.3, -0.25) is 9.10 Å². The van der Waals surface area contributed by atoms with Crippen molar-refractivity contribution < 1.29 is 23.1 Å². The summed E-state index contributed by atoms with van der Waals surface area (Å²) in [7, 11) is -3.69. The van der Waals surface area contributed by atoms with E-state index in [9.17, 15) is 18.0 Å². The van der Waals surface area contributed by atoms with Gasteiger partial charge in [-0.25, -0.2) is 13.2 Å². The van der Waals surface area contributed by atoms with Gasteiger partial charge in [0.25, 0.3) is 0 Å². The number of nitrogens with zero attached hydrogens (tertiary/aromatic N) is 1. The molecule has 0 radical (unpaired) electrons. The van der Waals surface area contributed by atoms with Crippen LogP contribution in [0, 0.1) is 5.92 Å². The number of anilines is 1. The van der Waals surface area contributed by atoms with Gasteiger partial charge >= 0.3 is 5.97 Å². The van der Waals surface area contributed by atoms with Gasteiger partial charge in [0.1, 0.15) is 5.75 Å². The Morgan fingerprint density at radius 1 is 1.35 bits per heavy atom. The molecule has 1 aromatic rings. The summed E-state index contributed by atoms with van der Waals surface area (Å²) >= 11 is 0. The minimum atomic E-state index is -3.69. The average Bonchev–Trinajstić information content (AvgIpc) is 3.17. The van der Waals surface area contributed by atoms with E-state index < -0.39 is 27.5 Å². The predicted molar refractivity (Wildman–Crippen MR) is 71.6 cm³/mol. The Morgan fingerprint density at radius 3 is 2.65 bits per heavy atom. The minimum absolute atomic E-state index is 0.0190. The summed E-state index contributed by atoms with van der Waals surface area (Å²) in [5.74, 6) is -1.86. The van der Waals surface area contributed by atoms with Crippen LogP contribution < -0.4 is 4.31 Å². The number of carboxylic acids is 1. The second-order valence-electron chi connectivity index (χ2n) is 5.19. The number of benzene rings is 1. The van der Waals surface area contributed by atoms with Crippen LogP contribution in [0.4, 0.5) is 5.69 Å². The predicted octanol–water partition coefficient (Wildman–Crippen LogP) is 1.13. The number of sulfonamides is 1. The van der Waals surface area contributed by atoms with E-state index in [1.165, 1.54) is 22.5 Å². The Labute approximate surface area is 116 Å². The zero-order valence-electron chi connectivity index (χ0n) is 10.6. The molecule has 1 saturated carbocycles. The molecule has 1 aliphatic carbocycles. The maximum Gasteiger partial charge on any atom is 0.335 e. The number of carboxylic acid groups (broad SMARTS) is 1. The normalized spacial score (nSPS) is 20.6. The quantitative estimate of drug-likeness (QED) is 0.902. The molecule has 1 heterocycles. The highest BCUT2D eigenvalue weighted by atomic mass is 32.2. The molecule has 106 valence electrons. The zero-order chi connectivity index (χ0) is 14.5. The minimum Gasteiger partial charge on any atom is -0.478 e.